The SMILES string of the molecule is CCOC(=O)C(C)S(=O)(=O)Nc1ccc(C(=O)Nc2cc(C)nc(N3CCC(F)(F)CC3)n2)c(N2CCC3(CC2)CC3)c1. The summed E-state index contributed by atoms with van der Waals surface area (Å²) < 4.78 is 60.6. The molecule has 1 aliphatic carbocycles. The fraction of sp³-hybridized carbons (Fsp3) is 0.586. The minimum absolute atomic E-state index is 0.0599. The second kappa shape index (κ2) is 11.9. The second-order valence-electron chi connectivity index (χ2n) is 11.8. The van der Waals surface area contributed by atoms with Crippen LogP contribution >= 0.6 is 0 Å². The molecule has 3 aliphatic rings. The van der Waals surface area contributed by atoms with Gasteiger partial charge in [-0.05, 0) is 70.1 Å². The van der Waals surface area contributed by atoms with E-state index in [2.05, 4.69) is 24.9 Å². The quantitative estimate of drug-likeness (QED) is 0.393. The Labute approximate surface area is 250 Å². The zero-order valence-corrected chi connectivity index (χ0v) is 25.5. The number of rotatable bonds is 9. The van der Waals surface area contributed by atoms with Crippen molar-refractivity contribution in [3.05, 3.63) is 35.5 Å². The number of hydrogen-bond acceptors (Lipinski definition) is 9. The number of anilines is 4. The van der Waals surface area contributed by atoms with Crippen molar-refractivity contribution in [2.24, 2.45) is 5.41 Å². The van der Waals surface area contributed by atoms with Crippen molar-refractivity contribution in [2.75, 3.05) is 52.6 Å². The lowest BCUT2D eigenvalue weighted by atomic mass is 9.93. The fourth-order valence-electron chi connectivity index (χ4n) is 5.56. The van der Waals surface area contributed by atoms with Gasteiger partial charge in [0.15, 0.2) is 5.25 Å². The van der Waals surface area contributed by atoms with E-state index < -0.39 is 33.1 Å². The molecule has 1 saturated carbocycles. The molecule has 5 rings (SSSR count). The van der Waals surface area contributed by atoms with Gasteiger partial charge in [0.25, 0.3) is 11.8 Å². The van der Waals surface area contributed by atoms with Crippen LogP contribution in [0.4, 0.5) is 31.9 Å². The molecule has 2 N–H and O–H groups in total. The molecule has 3 fully saturated rings. The molecular weight excluding hydrogens is 582 g/mol. The molecule has 0 bridgehead atoms. The van der Waals surface area contributed by atoms with Gasteiger partial charge in [-0.25, -0.2) is 22.2 Å². The standard InChI is InChI=1S/C29H38F2N6O5S/c1-4-42-26(39)20(3)43(40,41)35-21-5-6-22(23(18-21)36-13-9-28(7-8-28)10-14-36)25(38)33-24-17-19(2)32-27(34-24)37-15-11-29(30,31)12-16-37/h5-6,17-18,20,35H,4,7-16H2,1-3H3,(H,32,33,34,38). The van der Waals surface area contributed by atoms with Crippen LogP contribution in [0.1, 0.15) is 68.4 Å². The molecular formula is C29H38F2N6O5S. The molecule has 1 aromatic carbocycles. The first-order valence-electron chi connectivity index (χ1n) is 14.7. The number of carbonyl (C=O) groups excluding carboxylic acids is 2. The van der Waals surface area contributed by atoms with Gasteiger partial charge in [0, 0.05) is 50.8 Å². The lowest BCUT2D eigenvalue weighted by molar-refractivity contribution is -0.142. The van der Waals surface area contributed by atoms with Crippen molar-refractivity contribution >= 4 is 45.0 Å². The number of halogens is 2. The van der Waals surface area contributed by atoms with Gasteiger partial charge in [-0.2, -0.15) is 4.98 Å². The summed E-state index contributed by atoms with van der Waals surface area (Å²) in [4.78, 5) is 38.4. The minimum atomic E-state index is -4.11. The number of amides is 1. The minimum Gasteiger partial charge on any atom is -0.465 e. The normalized spacial score (nSPS) is 19.9. The predicted octanol–water partition coefficient (Wildman–Crippen LogP) is 4.35. The third-order valence-corrected chi connectivity index (χ3v) is 10.2. The molecule has 11 nitrogen and oxygen atoms in total. The first-order valence-corrected chi connectivity index (χ1v) is 16.2. The number of esters is 1. The molecule has 1 aromatic heterocycles. The Hall–Kier alpha value is -3.55. The Bertz CT molecular complexity index is 1480. The number of aromatic nitrogens is 2. The average molecular weight is 621 g/mol. The van der Waals surface area contributed by atoms with Gasteiger partial charge in [-0.3, -0.25) is 14.3 Å². The molecule has 14 heteroatoms. The molecule has 1 unspecified atom stereocenters. The highest BCUT2D eigenvalue weighted by atomic mass is 32.2. The highest BCUT2D eigenvalue weighted by molar-refractivity contribution is 7.94. The van der Waals surface area contributed by atoms with Gasteiger partial charge in [0.05, 0.1) is 23.5 Å². The molecule has 1 spiro atoms. The van der Waals surface area contributed by atoms with Crippen molar-refractivity contribution in [1.29, 1.82) is 0 Å². The first-order chi connectivity index (χ1) is 20.3. The Morgan fingerprint density at radius 3 is 2.28 bits per heavy atom. The molecule has 0 radical (unpaired) electrons. The molecule has 43 heavy (non-hydrogen) atoms. The zero-order chi connectivity index (χ0) is 31.0. The number of aryl methyl sites for hydroxylation is 1. The van der Waals surface area contributed by atoms with Gasteiger partial charge in [-0.1, -0.05) is 0 Å². The number of carbonyl (C=O) groups is 2. The number of sulfonamides is 1. The van der Waals surface area contributed by atoms with Crippen molar-refractivity contribution in [3.63, 3.8) is 0 Å². The third kappa shape index (κ3) is 7.16. The fourth-order valence-corrected chi connectivity index (χ4v) is 6.52. The molecule has 1 amide bonds. The molecule has 3 heterocycles. The van der Waals surface area contributed by atoms with Crippen molar-refractivity contribution < 1.29 is 31.5 Å². The van der Waals surface area contributed by atoms with Crippen molar-refractivity contribution in [1.82, 2.24) is 9.97 Å². The van der Waals surface area contributed by atoms with Gasteiger partial charge >= 0.3 is 5.97 Å². The maximum absolute atomic E-state index is 13.7. The highest BCUT2D eigenvalue weighted by Crippen LogP contribution is 2.54. The molecule has 1 atom stereocenters. The lowest BCUT2D eigenvalue weighted by Gasteiger charge is -2.35. The molecule has 2 saturated heterocycles. The number of piperidine rings is 2. The van der Waals surface area contributed by atoms with E-state index in [1.54, 1.807) is 36.9 Å². The van der Waals surface area contributed by atoms with Crippen LogP contribution in [0, 0.1) is 12.3 Å². The summed E-state index contributed by atoms with van der Waals surface area (Å²) in [6.45, 7) is 6.31. The van der Waals surface area contributed by atoms with Crippen LogP contribution in [-0.2, 0) is 19.6 Å². The second-order valence-corrected chi connectivity index (χ2v) is 13.8. The number of nitrogens with one attached hydrogen (secondary N) is 2. The largest absolute Gasteiger partial charge is 0.465 e. The van der Waals surface area contributed by atoms with Crippen LogP contribution in [0.2, 0.25) is 0 Å². The van der Waals surface area contributed by atoms with Gasteiger partial charge in [0.2, 0.25) is 16.0 Å². The number of nitrogens with zero attached hydrogens (tertiary/aromatic N) is 4. The molecule has 2 aromatic rings. The van der Waals surface area contributed by atoms with Crippen LogP contribution in [0.25, 0.3) is 0 Å². The van der Waals surface area contributed by atoms with Gasteiger partial charge in [0.1, 0.15) is 5.82 Å². The van der Waals surface area contributed by atoms with Crippen molar-refractivity contribution in [3.8, 4) is 0 Å². The van der Waals surface area contributed by atoms with Gasteiger partial charge in [-0.15, -0.1) is 0 Å². The predicted molar refractivity (Wildman–Crippen MR) is 159 cm³/mol. The summed E-state index contributed by atoms with van der Waals surface area (Å²) in [5, 5.41) is 1.40. The van der Waals surface area contributed by atoms with Crippen LogP contribution in [0.3, 0.4) is 0 Å². The summed E-state index contributed by atoms with van der Waals surface area (Å²) in [6, 6.07) is 6.24. The smallest absolute Gasteiger partial charge is 0.325 e. The Kier molecular flexibility index (Phi) is 8.52. The van der Waals surface area contributed by atoms with E-state index in [9.17, 15) is 26.8 Å². The summed E-state index contributed by atoms with van der Waals surface area (Å²) in [7, 11) is -4.11. The number of benzene rings is 1. The Morgan fingerprint density at radius 2 is 1.65 bits per heavy atom. The monoisotopic (exact) mass is 620 g/mol. The zero-order valence-electron chi connectivity index (χ0n) is 24.7. The van der Waals surface area contributed by atoms with E-state index in [0.717, 1.165) is 12.8 Å². The van der Waals surface area contributed by atoms with E-state index in [0.29, 0.717) is 35.4 Å². The summed E-state index contributed by atoms with van der Waals surface area (Å²) in [5.74, 6) is -3.50. The lowest BCUT2D eigenvalue weighted by Crippen LogP contribution is -2.40. The van der Waals surface area contributed by atoms with Crippen LogP contribution in [-0.4, -0.2) is 74.2 Å². The van der Waals surface area contributed by atoms with E-state index in [1.807, 2.05) is 0 Å². The highest BCUT2D eigenvalue weighted by Gasteiger charge is 2.45. The first kappa shape index (κ1) is 30.9. The molecule has 2 aliphatic heterocycles. The topological polar surface area (TPSA) is 134 Å². The van der Waals surface area contributed by atoms with E-state index >= 15 is 0 Å². The maximum Gasteiger partial charge on any atom is 0.325 e. The summed E-state index contributed by atoms with van der Waals surface area (Å²) in [5.41, 5.74) is 2.05. The average Bonchev–Trinajstić information content (AvgIpc) is 3.71. The maximum atomic E-state index is 13.7. The number of alkyl halides is 2. The van der Waals surface area contributed by atoms with Crippen LogP contribution in [0.15, 0.2) is 24.3 Å². The van der Waals surface area contributed by atoms with Crippen LogP contribution < -0.4 is 19.8 Å². The van der Waals surface area contributed by atoms with Crippen LogP contribution in [0.5, 0.6) is 0 Å². The van der Waals surface area contributed by atoms with E-state index in [4.69, 9.17) is 4.74 Å². The van der Waals surface area contributed by atoms with E-state index in [1.165, 1.54) is 25.8 Å². The summed E-state index contributed by atoms with van der Waals surface area (Å²) in [6.07, 6.45) is 3.77. The Balaban J connectivity index is 1.39. The summed E-state index contributed by atoms with van der Waals surface area (Å²) >= 11 is 0. The number of hydrogen-bond donors (Lipinski definition) is 2. The van der Waals surface area contributed by atoms with Crippen molar-refractivity contribution in [2.45, 2.75) is 70.5 Å². The number of ether oxygens (including phenoxy) is 1. The van der Waals surface area contributed by atoms with Gasteiger partial charge < -0.3 is 19.9 Å². The van der Waals surface area contributed by atoms with E-state index in [-0.39, 0.29) is 50.0 Å². The molecule has 234 valence electrons. The Morgan fingerprint density at radius 1 is 1.00 bits per heavy atom. The third-order valence-electron chi connectivity index (χ3n) is 8.57.